The van der Waals surface area contributed by atoms with Gasteiger partial charge in [-0.2, -0.15) is 0 Å². The Morgan fingerprint density at radius 3 is 2.30 bits per heavy atom. The van der Waals surface area contributed by atoms with Gasteiger partial charge >= 0.3 is 0 Å². The first kappa shape index (κ1) is 18.5. The van der Waals surface area contributed by atoms with E-state index in [2.05, 4.69) is 17.2 Å². The molecule has 0 saturated heterocycles. The Morgan fingerprint density at radius 2 is 1.67 bits per heavy atom. The Hall–Kier alpha value is -3.34. The van der Waals surface area contributed by atoms with Crippen molar-refractivity contribution in [2.24, 2.45) is 0 Å². The number of carbonyl (C=O) groups is 1. The zero-order valence-electron chi connectivity index (χ0n) is 15.4. The summed E-state index contributed by atoms with van der Waals surface area (Å²) in [7, 11) is 0. The van der Waals surface area contributed by atoms with Gasteiger partial charge in [-0.1, -0.05) is 36.8 Å². The molecule has 138 valence electrons. The smallest absolute Gasteiger partial charge is 0.262 e. The van der Waals surface area contributed by atoms with Gasteiger partial charge < -0.3 is 14.8 Å². The summed E-state index contributed by atoms with van der Waals surface area (Å²) >= 11 is 0. The van der Waals surface area contributed by atoms with Crippen molar-refractivity contribution in [1.82, 2.24) is 4.98 Å². The number of pyridine rings is 1. The Bertz CT molecular complexity index is 873. The first-order valence-electron chi connectivity index (χ1n) is 8.84. The van der Waals surface area contributed by atoms with Gasteiger partial charge in [-0.15, -0.1) is 0 Å². The second kappa shape index (κ2) is 8.85. The highest BCUT2D eigenvalue weighted by Gasteiger charge is 2.05. The molecule has 1 amide bonds. The third kappa shape index (κ3) is 5.57. The molecule has 5 heteroatoms. The van der Waals surface area contributed by atoms with Crippen LogP contribution in [0.3, 0.4) is 0 Å². The number of carbonyl (C=O) groups excluding carboxylic acids is 1. The van der Waals surface area contributed by atoms with Crippen molar-refractivity contribution in [1.29, 1.82) is 0 Å². The van der Waals surface area contributed by atoms with Crippen LogP contribution in [0.25, 0.3) is 0 Å². The summed E-state index contributed by atoms with van der Waals surface area (Å²) in [6.07, 6.45) is 2.52. The molecule has 0 bridgehead atoms. The number of benzene rings is 2. The molecule has 1 aromatic heterocycles. The number of nitrogens with zero attached hydrogens (tertiary/aromatic N) is 1. The number of hydrogen-bond acceptors (Lipinski definition) is 4. The maximum Gasteiger partial charge on any atom is 0.262 e. The summed E-state index contributed by atoms with van der Waals surface area (Å²) in [6.45, 7) is 4.05. The van der Waals surface area contributed by atoms with Gasteiger partial charge in [0, 0.05) is 6.07 Å². The predicted molar refractivity (Wildman–Crippen MR) is 105 cm³/mol. The van der Waals surface area contributed by atoms with E-state index in [0.717, 1.165) is 12.0 Å². The molecule has 0 aliphatic heterocycles. The fourth-order valence-corrected chi connectivity index (χ4v) is 2.41. The third-order valence-electron chi connectivity index (χ3n) is 3.97. The molecule has 0 radical (unpaired) electrons. The second-order valence-electron chi connectivity index (χ2n) is 6.13. The number of aryl methyl sites for hydroxylation is 2. The largest absolute Gasteiger partial charge is 0.484 e. The van der Waals surface area contributed by atoms with Crippen LogP contribution in [0.2, 0.25) is 0 Å². The summed E-state index contributed by atoms with van der Waals surface area (Å²) < 4.78 is 11.2. The van der Waals surface area contributed by atoms with Crippen LogP contribution < -0.4 is 14.8 Å². The van der Waals surface area contributed by atoms with E-state index < -0.39 is 0 Å². The van der Waals surface area contributed by atoms with Crippen LogP contribution in [0.15, 0.2) is 66.9 Å². The lowest BCUT2D eigenvalue weighted by Gasteiger charge is -2.09. The number of ether oxygens (including phenoxy) is 2. The van der Waals surface area contributed by atoms with E-state index in [9.17, 15) is 4.79 Å². The molecule has 1 N–H and O–H groups in total. The van der Waals surface area contributed by atoms with Crippen LogP contribution in [0.5, 0.6) is 17.4 Å². The molecule has 0 aliphatic carbocycles. The van der Waals surface area contributed by atoms with Crippen molar-refractivity contribution in [3.8, 4) is 17.4 Å². The molecule has 3 aromatic rings. The summed E-state index contributed by atoms with van der Waals surface area (Å²) in [6, 6.07) is 18.9. The zero-order valence-corrected chi connectivity index (χ0v) is 15.4. The molecular weight excluding hydrogens is 340 g/mol. The molecule has 0 spiro atoms. The minimum atomic E-state index is -0.247. The van der Waals surface area contributed by atoms with Crippen molar-refractivity contribution >= 4 is 11.6 Å². The van der Waals surface area contributed by atoms with Crippen LogP contribution >= 0.6 is 0 Å². The highest BCUT2D eigenvalue weighted by atomic mass is 16.5. The number of aromatic nitrogens is 1. The van der Waals surface area contributed by atoms with Crippen LogP contribution in [-0.4, -0.2) is 17.5 Å². The quantitative estimate of drug-likeness (QED) is 0.658. The molecule has 0 fully saturated rings. The molecule has 3 rings (SSSR count). The number of anilines is 1. The lowest BCUT2D eigenvalue weighted by Crippen LogP contribution is -2.20. The molecule has 1 heterocycles. The Balaban J connectivity index is 1.49. The topological polar surface area (TPSA) is 60.5 Å². The highest BCUT2D eigenvalue weighted by Crippen LogP contribution is 2.20. The predicted octanol–water partition coefficient (Wildman–Crippen LogP) is 4.76. The van der Waals surface area contributed by atoms with E-state index in [-0.39, 0.29) is 12.5 Å². The van der Waals surface area contributed by atoms with E-state index >= 15 is 0 Å². The molecule has 0 saturated carbocycles. The van der Waals surface area contributed by atoms with E-state index in [1.165, 1.54) is 5.56 Å². The first-order chi connectivity index (χ1) is 13.1. The van der Waals surface area contributed by atoms with Gasteiger partial charge in [0.25, 0.3) is 5.91 Å². The average molecular weight is 362 g/mol. The fourth-order valence-electron chi connectivity index (χ4n) is 2.41. The normalized spacial score (nSPS) is 10.3. The number of rotatable bonds is 7. The van der Waals surface area contributed by atoms with Crippen LogP contribution in [-0.2, 0) is 11.2 Å². The summed E-state index contributed by atoms with van der Waals surface area (Å²) in [5.74, 6) is 1.60. The number of hydrogen-bond donors (Lipinski definition) is 1. The van der Waals surface area contributed by atoms with E-state index in [0.29, 0.717) is 23.1 Å². The molecule has 0 unspecified atom stereocenters. The summed E-state index contributed by atoms with van der Waals surface area (Å²) in [5.41, 5.74) is 2.98. The van der Waals surface area contributed by atoms with E-state index in [4.69, 9.17) is 9.47 Å². The minimum Gasteiger partial charge on any atom is -0.484 e. The fraction of sp³-hybridized carbons (Fsp3) is 0.182. The number of nitrogens with one attached hydrogen (secondary N) is 1. The molecule has 2 aromatic carbocycles. The monoisotopic (exact) mass is 362 g/mol. The van der Waals surface area contributed by atoms with Gasteiger partial charge in [-0.3, -0.25) is 4.79 Å². The van der Waals surface area contributed by atoms with Gasteiger partial charge in [0.15, 0.2) is 6.61 Å². The average Bonchev–Trinajstić information content (AvgIpc) is 2.70. The minimum absolute atomic E-state index is 0.0624. The molecular formula is C22H22N2O3. The Kier molecular flexibility index (Phi) is 6.05. The van der Waals surface area contributed by atoms with Gasteiger partial charge in [0.1, 0.15) is 11.5 Å². The zero-order chi connectivity index (χ0) is 19.1. The molecule has 5 nitrogen and oxygen atoms in total. The molecule has 0 atom stereocenters. The Labute approximate surface area is 159 Å². The van der Waals surface area contributed by atoms with Crippen molar-refractivity contribution < 1.29 is 14.3 Å². The lowest BCUT2D eigenvalue weighted by molar-refractivity contribution is -0.118. The second-order valence-corrected chi connectivity index (χ2v) is 6.13. The maximum absolute atomic E-state index is 12.0. The number of amides is 1. The lowest BCUT2D eigenvalue weighted by atomic mass is 10.2. The van der Waals surface area contributed by atoms with Crippen LogP contribution in [0.1, 0.15) is 18.1 Å². The van der Waals surface area contributed by atoms with Crippen molar-refractivity contribution in [3.63, 3.8) is 0 Å². The SMILES string of the molecule is CCc1ccc(OCC(=O)Nc2ccc(Oc3ccc(C)cc3)nc2)cc1. The standard InChI is InChI=1S/C22H22N2O3/c1-3-17-6-11-19(12-7-17)26-15-21(25)24-18-8-13-22(23-14-18)27-20-9-4-16(2)5-10-20/h4-14H,3,15H2,1-2H3,(H,24,25). The molecule has 27 heavy (non-hydrogen) atoms. The Morgan fingerprint density at radius 1 is 0.963 bits per heavy atom. The molecule has 0 aliphatic rings. The van der Waals surface area contributed by atoms with Crippen LogP contribution in [0, 0.1) is 6.92 Å². The van der Waals surface area contributed by atoms with Gasteiger partial charge in [-0.25, -0.2) is 4.98 Å². The first-order valence-corrected chi connectivity index (χ1v) is 8.84. The summed E-state index contributed by atoms with van der Waals surface area (Å²) in [5, 5.41) is 2.75. The van der Waals surface area contributed by atoms with Crippen LogP contribution in [0.4, 0.5) is 5.69 Å². The van der Waals surface area contributed by atoms with Crippen molar-refractivity contribution in [2.75, 3.05) is 11.9 Å². The van der Waals surface area contributed by atoms with E-state index in [1.807, 2.05) is 55.5 Å². The van der Waals surface area contributed by atoms with Crippen molar-refractivity contribution in [2.45, 2.75) is 20.3 Å². The van der Waals surface area contributed by atoms with Gasteiger partial charge in [0.05, 0.1) is 11.9 Å². The van der Waals surface area contributed by atoms with Gasteiger partial charge in [0.2, 0.25) is 5.88 Å². The van der Waals surface area contributed by atoms with Crippen molar-refractivity contribution in [3.05, 3.63) is 78.0 Å². The van der Waals surface area contributed by atoms with E-state index in [1.54, 1.807) is 18.3 Å². The summed E-state index contributed by atoms with van der Waals surface area (Å²) in [4.78, 5) is 16.2. The highest BCUT2D eigenvalue weighted by molar-refractivity contribution is 5.91. The maximum atomic E-state index is 12.0. The third-order valence-corrected chi connectivity index (χ3v) is 3.97. The van der Waals surface area contributed by atoms with Gasteiger partial charge in [-0.05, 0) is 49.2 Å².